The summed E-state index contributed by atoms with van der Waals surface area (Å²) < 4.78 is -0.690. The van der Waals surface area contributed by atoms with E-state index < -0.39 is 22.6 Å². The highest BCUT2D eigenvalue weighted by atomic mass is 79.9. The molecule has 0 saturated carbocycles. The van der Waals surface area contributed by atoms with Crippen LogP contribution >= 0.6 is 27.7 Å². The monoisotopic (exact) mass is 631 g/mol. The number of aliphatic hydroxyl groups is 1. The maximum Gasteiger partial charge on any atom is 0.251 e. The van der Waals surface area contributed by atoms with Crippen molar-refractivity contribution in [2.45, 2.75) is 66.8 Å². The molecule has 1 aromatic carbocycles. The lowest BCUT2D eigenvalue weighted by molar-refractivity contribution is -0.143. The van der Waals surface area contributed by atoms with Gasteiger partial charge in [-0.05, 0) is 50.3 Å². The van der Waals surface area contributed by atoms with E-state index in [2.05, 4.69) is 29.1 Å². The van der Waals surface area contributed by atoms with Gasteiger partial charge in [-0.15, -0.1) is 24.9 Å². The Morgan fingerprint density at radius 3 is 2.52 bits per heavy atom. The van der Waals surface area contributed by atoms with Crippen molar-refractivity contribution in [1.82, 2.24) is 9.80 Å². The van der Waals surface area contributed by atoms with Crippen LogP contribution in [0.2, 0.25) is 0 Å². The van der Waals surface area contributed by atoms with E-state index in [1.807, 2.05) is 32.0 Å². The fraction of sp³-hybridized carbons (Fsp3) is 0.581. The highest BCUT2D eigenvalue weighted by molar-refractivity contribution is 9.09. The van der Waals surface area contributed by atoms with Crippen LogP contribution in [0.3, 0.4) is 0 Å². The Hall–Kier alpha value is -2.10. The molecule has 1 spiro atoms. The van der Waals surface area contributed by atoms with Crippen LogP contribution in [-0.4, -0.2) is 86.8 Å². The number of hydrogen-bond donors (Lipinski definition) is 1. The molecule has 3 heterocycles. The van der Waals surface area contributed by atoms with Gasteiger partial charge in [0.1, 0.15) is 6.04 Å². The van der Waals surface area contributed by atoms with Gasteiger partial charge in [-0.25, -0.2) is 0 Å². The zero-order chi connectivity index (χ0) is 29.2. The maximum atomic E-state index is 14.7. The van der Waals surface area contributed by atoms with Crippen molar-refractivity contribution in [3.63, 3.8) is 0 Å². The fourth-order valence-electron chi connectivity index (χ4n) is 6.81. The zero-order valence-corrected chi connectivity index (χ0v) is 26.3. The fourth-order valence-corrected chi connectivity index (χ4v) is 10.4. The first-order valence-electron chi connectivity index (χ1n) is 14.2. The molecular weight excluding hydrogens is 590 g/mol. The molecule has 0 aromatic heterocycles. The van der Waals surface area contributed by atoms with Crippen molar-refractivity contribution in [2.24, 2.45) is 11.8 Å². The van der Waals surface area contributed by atoms with E-state index in [-0.39, 0.29) is 34.4 Å². The third kappa shape index (κ3) is 5.41. The number of hydrogen-bond acceptors (Lipinski definition) is 5. The average molecular weight is 633 g/mol. The van der Waals surface area contributed by atoms with Crippen LogP contribution in [0, 0.1) is 25.7 Å². The van der Waals surface area contributed by atoms with E-state index in [1.165, 1.54) is 0 Å². The van der Waals surface area contributed by atoms with Crippen LogP contribution in [-0.2, 0) is 14.4 Å². The van der Waals surface area contributed by atoms with E-state index >= 15 is 0 Å². The lowest BCUT2D eigenvalue weighted by Crippen LogP contribution is -2.56. The summed E-state index contributed by atoms with van der Waals surface area (Å²) in [5, 5.41) is 9.11. The lowest BCUT2D eigenvalue weighted by atomic mass is 9.70. The highest BCUT2D eigenvalue weighted by Gasteiger charge is 2.76. The van der Waals surface area contributed by atoms with Gasteiger partial charge >= 0.3 is 0 Å². The number of anilines is 1. The molecule has 4 rings (SSSR count). The molecule has 7 nitrogen and oxygen atoms in total. The molecule has 40 heavy (non-hydrogen) atoms. The quantitative estimate of drug-likeness (QED) is 0.197. The summed E-state index contributed by atoms with van der Waals surface area (Å²) in [6, 6.07) is 5.38. The molecule has 2 bridgehead atoms. The van der Waals surface area contributed by atoms with E-state index in [0.717, 1.165) is 42.5 Å². The summed E-state index contributed by atoms with van der Waals surface area (Å²) in [5.74, 6) is -1.30. The van der Waals surface area contributed by atoms with Gasteiger partial charge in [0.15, 0.2) is 0 Å². The maximum absolute atomic E-state index is 14.7. The first-order chi connectivity index (χ1) is 19.1. The van der Waals surface area contributed by atoms with Crippen molar-refractivity contribution in [2.75, 3.05) is 38.2 Å². The Balaban J connectivity index is 1.77. The number of alkyl halides is 1. The molecule has 3 amide bonds. The van der Waals surface area contributed by atoms with Gasteiger partial charge in [-0.3, -0.25) is 14.4 Å². The first kappa shape index (κ1) is 30.8. The SMILES string of the molecule is C=CCN(C)C(=O)[C@H]1[C@@H]2SC3(CC2Br)C(C(=O)N(CC=C)c2cc(C)ccc2C)N(CCCCCCO)C(=O)[C@H]13. The Morgan fingerprint density at radius 1 is 1.15 bits per heavy atom. The average Bonchev–Trinajstić information content (AvgIpc) is 3.51. The number of likely N-dealkylation sites (N-methyl/N-ethyl adjacent to an activating group) is 1. The molecule has 6 atom stereocenters. The molecular formula is C31H42BrN3O4S. The number of carbonyl (C=O) groups excluding carboxylic acids is 3. The smallest absolute Gasteiger partial charge is 0.251 e. The molecule has 3 fully saturated rings. The highest BCUT2D eigenvalue weighted by Crippen LogP contribution is 2.68. The topological polar surface area (TPSA) is 81.2 Å². The molecule has 3 aliphatic rings. The number of rotatable bonds is 13. The van der Waals surface area contributed by atoms with Crippen LogP contribution < -0.4 is 4.90 Å². The van der Waals surface area contributed by atoms with Crippen molar-refractivity contribution in [3.8, 4) is 0 Å². The summed E-state index contributed by atoms with van der Waals surface area (Å²) in [7, 11) is 1.75. The number of fused-ring (bicyclic) bond motifs is 1. The van der Waals surface area contributed by atoms with Gasteiger partial charge < -0.3 is 19.8 Å². The number of likely N-dealkylation sites (tertiary alicyclic amines) is 1. The molecule has 9 heteroatoms. The van der Waals surface area contributed by atoms with Crippen LogP contribution in [0.4, 0.5) is 5.69 Å². The Labute approximate surface area is 251 Å². The Bertz CT molecular complexity index is 1160. The molecule has 1 aromatic rings. The molecule has 0 radical (unpaired) electrons. The Morgan fingerprint density at radius 2 is 1.85 bits per heavy atom. The van der Waals surface area contributed by atoms with Crippen LogP contribution in [0.5, 0.6) is 0 Å². The van der Waals surface area contributed by atoms with Gasteiger partial charge in [-0.2, -0.15) is 0 Å². The van der Waals surface area contributed by atoms with E-state index in [9.17, 15) is 19.5 Å². The summed E-state index contributed by atoms with van der Waals surface area (Å²) in [4.78, 5) is 48.1. The second kappa shape index (κ2) is 12.8. The second-order valence-corrected chi connectivity index (χ2v) is 14.1. The third-order valence-electron chi connectivity index (χ3n) is 8.63. The van der Waals surface area contributed by atoms with Crippen LogP contribution in [0.15, 0.2) is 43.5 Å². The van der Waals surface area contributed by atoms with Gasteiger partial charge in [0.25, 0.3) is 5.91 Å². The second-order valence-electron chi connectivity index (χ2n) is 11.4. The van der Waals surface area contributed by atoms with Gasteiger partial charge in [-0.1, -0.05) is 53.1 Å². The summed E-state index contributed by atoms with van der Waals surface area (Å²) in [5.41, 5.74) is 2.86. The Kier molecular flexibility index (Phi) is 9.89. The number of carbonyl (C=O) groups is 3. The first-order valence-corrected chi connectivity index (χ1v) is 16.0. The minimum atomic E-state index is -0.690. The summed E-state index contributed by atoms with van der Waals surface area (Å²) in [6.45, 7) is 13.0. The van der Waals surface area contributed by atoms with Crippen LogP contribution in [0.25, 0.3) is 0 Å². The van der Waals surface area contributed by atoms with Crippen molar-refractivity contribution in [3.05, 3.63) is 54.6 Å². The van der Waals surface area contributed by atoms with Crippen molar-refractivity contribution >= 4 is 51.1 Å². The third-order valence-corrected chi connectivity index (χ3v) is 11.8. The lowest BCUT2D eigenvalue weighted by Gasteiger charge is -2.38. The molecule has 3 aliphatic heterocycles. The van der Waals surface area contributed by atoms with Gasteiger partial charge in [0.2, 0.25) is 11.8 Å². The minimum Gasteiger partial charge on any atom is -0.396 e. The summed E-state index contributed by atoms with van der Waals surface area (Å²) in [6.07, 6.45) is 7.26. The number of amides is 3. The largest absolute Gasteiger partial charge is 0.396 e. The van der Waals surface area contributed by atoms with E-state index in [1.54, 1.807) is 45.7 Å². The standard InChI is InChI=1S/C31H42BrN3O4S/c1-6-14-33(5)28(37)24-25-29(38)35(16-10-8-9-11-17-36)27(31(25)19-22(32)26(24)40-31)30(39)34(15-7-2)23-18-20(3)12-13-21(23)4/h6-7,12-13,18,22,24-27,36H,1-2,8-11,14-17,19H2,3-5H3/t22?,24-,25+,26-,27?,31?/m1/s1. The van der Waals surface area contributed by atoms with Crippen molar-refractivity contribution < 1.29 is 19.5 Å². The normalized spacial score (nSPS) is 28.5. The number of nitrogens with zero attached hydrogens (tertiary/aromatic N) is 3. The zero-order valence-electron chi connectivity index (χ0n) is 23.9. The number of aryl methyl sites for hydroxylation is 2. The predicted molar refractivity (Wildman–Crippen MR) is 166 cm³/mol. The molecule has 3 unspecified atom stereocenters. The molecule has 0 aliphatic carbocycles. The van der Waals surface area contributed by atoms with E-state index in [4.69, 9.17) is 0 Å². The number of aliphatic hydroxyl groups excluding tert-OH is 1. The molecule has 1 N–H and O–H groups in total. The molecule has 218 valence electrons. The number of halogens is 1. The van der Waals surface area contributed by atoms with Crippen LogP contribution in [0.1, 0.15) is 43.2 Å². The number of thioether (sulfide) groups is 1. The van der Waals surface area contributed by atoms with E-state index in [0.29, 0.717) is 26.1 Å². The van der Waals surface area contributed by atoms with Gasteiger partial charge in [0, 0.05) is 49.1 Å². The molecule has 3 saturated heterocycles. The number of unbranched alkanes of at least 4 members (excludes halogenated alkanes) is 3. The van der Waals surface area contributed by atoms with Gasteiger partial charge in [0.05, 0.1) is 16.6 Å². The number of benzene rings is 1. The predicted octanol–water partition coefficient (Wildman–Crippen LogP) is 4.48. The summed E-state index contributed by atoms with van der Waals surface area (Å²) >= 11 is 5.52. The van der Waals surface area contributed by atoms with Crippen molar-refractivity contribution in [1.29, 1.82) is 0 Å². The minimum absolute atomic E-state index is 0.0287.